The quantitative estimate of drug-likeness (QED) is 0.797. The summed E-state index contributed by atoms with van der Waals surface area (Å²) in [4.78, 5) is 25.6. The topological polar surface area (TPSA) is 46.6 Å². The number of imide groups is 1. The number of hydrogen-bond donors (Lipinski definition) is 0. The number of rotatable bonds is 6. The summed E-state index contributed by atoms with van der Waals surface area (Å²) in [5, 5.41) is 0. The lowest BCUT2D eigenvalue weighted by atomic mass is 9.99. The van der Waals surface area contributed by atoms with Gasteiger partial charge in [-0.05, 0) is 11.5 Å². The van der Waals surface area contributed by atoms with Gasteiger partial charge in [0.2, 0.25) is 5.91 Å². The van der Waals surface area contributed by atoms with Crippen molar-refractivity contribution in [2.24, 2.45) is 5.92 Å². The van der Waals surface area contributed by atoms with Crippen molar-refractivity contribution >= 4 is 12.0 Å². The maximum absolute atomic E-state index is 12.4. The van der Waals surface area contributed by atoms with E-state index in [0.717, 1.165) is 24.8 Å². The molecule has 21 heavy (non-hydrogen) atoms. The van der Waals surface area contributed by atoms with Crippen LogP contribution in [0.2, 0.25) is 0 Å². The lowest BCUT2D eigenvalue weighted by Crippen LogP contribution is -2.35. The van der Waals surface area contributed by atoms with Gasteiger partial charge in [0.15, 0.2) is 0 Å². The van der Waals surface area contributed by atoms with Gasteiger partial charge in [0, 0.05) is 6.42 Å². The molecule has 1 aromatic carbocycles. The van der Waals surface area contributed by atoms with Crippen molar-refractivity contribution in [1.82, 2.24) is 4.90 Å². The van der Waals surface area contributed by atoms with Gasteiger partial charge >= 0.3 is 6.09 Å². The number of unbranched alkanes of at least 4 members (excludes halogenated alkanes) is 1. The van der Waals surface area contributed by atoms with E-state index in [1.807, 2.05) is 30.3 Å². The van der Waals surface area contributed by atoms with E-state index in [9.17, 15) is 9.59 Å². The minimum atomic E-state index is -0.517. The van der Waals surface area contributed by atoms with Gasteiger partial charge in [-0.15, -0.1) is 0 Å². The third kappa shape index (κ3) is 3.84. The van der Waals surface area contributed by atoms with E-state index in [2.05, 4.69) is 13.8 Å². The average Bonchev–Trinajstić information content (AvgIpc) is 2.88. The van der Waals surface area contributed by atoms with Crippen LogP contribution in [0.25, 0.3) is 0 Å². The second-order valence-corrected chi connectivity index (χ2v) is 5.72. The molecule has 0 saturated carbocycles. The molecule has 0 radical (unpaired) electrons. The van der Waals surface area contributed by atoms with Gasteiger partial charge in [0.25, 0.3) is 0 Å². The molecular weight excluding hydrogens is 266 g/mol. The van der Waals surface area contributed by atoms with Crippen LogP contribution in [-0.2, 0) is 9.53 Å². The summed E-state index contributed by atoms with van der Waals surface area (Å²) in [5.74, 6) is 0.164. The van der Waals surface area contributed by atoms with Gasteiger partial charge in [-0.1, -0.05) is 63.4 Å². The van der Waals surface area contributed by atoms with Crippen molar-refractivity contribution in [2.75, 3.05) is 6.61 Å². The van der Waals surface area contributed by atoms with E-state index in [1.54, 1.807) is 0 Å². The highest BCUT2D eigenvalue weighted by Crippen LogP contribution is 2.29. The summed E-state index contributed by atoms with van der Waals surface area (Å²) in [6, 6.07) is 9.29. The second-order valence-electron chi connectivity index (χ2n) is 5.72. The van der Waals surface area contributed by atoms with Crippen LogP contribution in [0.4, 0.5) is 4.79 Å². The third-order valence-electron chi connectivity index (χ3n) is 3.90. The van der Waals surface area contributed by atoms with Crippen LogP contribution in [0.5, 0.6) is 0 Å². The van der Waals surface area contributed by atoms with E-state index in [-0.39, 0.29) is 18.6 Å². The molecule has 0 spiro atoms. The van der Waals surface area contributed by atoms with Crippen molar-refractivity contribution in [3.63, 3.8) is 0 Å². The fourth-order valence-corrected chi connectivity index (χ4v) is 2.67. The summed E-state index contributed by atoms with van der Waals surface area (Å²) in [5.41, 5.74) is 0.943. The molecule has 114 valence electrons. The van der Waals surface area contributed by atoms with Crippen LogP contribution in [0, 0.1) is 5.92 Å². The average molecular weight is 289 g/mol. The van der Waals surface area contributed by atoms with E-state index < -0.39 is 6.09 Å². The fraction of sp³-hybridized carbons (Fsp3) is 0.529. The lowest BCUT2D eigenvalue weighted by Gasteiger charge is -2.21. The fourth-order valence-electron chi connectivity index (χ4n) is 2.67. The van der Waals surface area contributed by atoms with Gasteiger partial charge in [-0.3, -0.25) is 4.79 Å². The largest absolute Gasteiger partial charge is 0.446 e. The Hall–Kier alpha value is -1.84. The van der Waals surface area contributed by atoms with Crippen LogP contribution < -0.4 is 0 Å². The highest BCUT2D eigenvalue weighted by molar-refractivity contribution is 5.93. The number of hydrogen-bond acceptors (Lipinski definition) is 3. The smallest absolute Gasteiger partial charge is 0.417 e. The Bertz CT molecular complexity index is 486. The van der Waals surface area contributed by atoms with Crippen molar-refractivity contribution in [3.05, 3.63) is 35.9 Å². The predicted octanol–water partition coefficient (Wildman–Crippen LogP) is 3.92. The first-order chi connectivity index (χ1) is 10.1. The van der Waals surface area contributed by atoms with Gasteiger partial charge in [0.1, 0.15) is 12.6 Å². The molecule has 4 heteroatoms. The Labute approximate surface area is 126 Å². The molecule has 2 atom stereocenters. The minimum absolute atomic E-state index is 0.130. The first-order valence-corrected chi connectivity index (χ1v) is 7.67. The van der Waals surface area contributed by atoms with Gasteiger partial charge < -0.3 is 4.74 Å². The molecule has 1 aliphatic heterocycles. The maximum Gasteiger partial charge on any atom is 0.417 e. The van der Waals surface area contributed by atoms with E-state index >= 15 is 0 Å². The summed E-state index contributed by atoms with van der Waals surface area (Å²) in [6.07, 6.45) is 3.13. The van der Waals surface area contributed by atoms with Gasteiger partial charge in [-0.2, -0.15) is 0 Å². The Kier molecular flexibility index (Phi) is 5.37. The Morgan fingerprint density at radius 2 is 2.10 bits per heavy atom. The molecule has 0 bridgehead atoms. The zero-order valence-corrected chi connectivity index (χ0v) is 12.7. The Morgan fingerprint density at radius 3 is 2.76 bits per heavy atom. The van der Waals surface area contributed by atoms with Crippen LogP contribution in [-0.4, -0.2) is 23.5 Å². The van der Waals surface area contributed by atoms with E-state index in [1.165, 1.54) is 4.90 Å². The van der Waals surface area contributed by atoms with E-state index in [4.69, 9.17) is 4.74 Å². The number of amides is 2. The maximum atomic E-state index is 12.4. The first kappa shape index (κ1) is 15.5. The number of nitrogens with zero attached hydrogens (tertiary/aromatic N) is 1. The molecule has 0 aromatic heterocycles. The van der Waals surface area contributed by atoms with Crippen LogP contribution in [0.1, 0.15) is 51.1 Å². The second kappa shape index (κ2) is 7.25. The minimum Gasteiger partial charge on any atom is -0.446 e. The Morgan fingerprint density at radius 1 is 1.38 bits per heavy atom. The van der Waals surface area contributed by atoms with Crippen molar-refractivity contribution in [1.29, 1.82) is 0 Å². The molecule has 1 fully saturated rings. The molecule has 0 N–H and O–H groups in total. The number of carbonyl (C=O) groups is 2. The zero-order valence-electron chi connectivity index (χ0n) is 12.7. The van der Waals surface area contributed by atoms with Gasteiger partial charge in [0.05, 0.1) is 0 Å². The molecule has 1 aromatic rings. The third-order valence-corrected chi connectivity index (χ3v) is 3.90. The molecule has 2 unspecified atom stereocenters. The summed E-state index contributed by atoms with van der Waals surface area (Å²) in [7, 11) is 0. The van der Waals surface area contributed by atoms with Crippen molar-refractivity contribution in [3.8, 4) is 0 Å². The monoisotopic (exact) mass is 289 g/mol. The zero-order chi connectivity index (χ0) is 15.2. The van der Waals surface area contributed by atoms with Crippen LogP contribution in [0.3, 0.4) is 0 Å². The first-order valence-electron chi connectivity index (χ1n) is 7.67. The predicted molar refractivity (Wildman–Crippen MR) is 80.7 cm³/mol. The van der Waals surface area contributed by atoms with Crippen LogP contribution in [0.15, 0.2) is 30.3 Å². The molecular formula is C17H23NO3. The highest BCUT2D eigenvalue weighted by atomic mass is 16.6. The summed E-state index contributed by atoms with van der Waals surface area (Å²) >= 11 is 0. The molecule has 2 amide bonds. The van der Waals surface area contributed by atoms with Crippen molar-refractivity contribution in [2.45, 2.75) is 45.6 Å². The highest BCUT2D eigenvalue weighted by Gasteiger charge is 2.38. The molecule has 4 nitrogen and oxygen atoms in total. The Balaban J connectivity index is 2.05. The number of benzene rings is 1. The van der Waals surface area contributed by atoms with Crippen molar-refractivity contribution < 1.29 is 14.3 Å². The normalized spacial score (nSPS) is 19.4. The molecule has 2 rings (SSSR count). The standard InChI is InChI=1S/C17H23NO3/c1-3-4-8-13(2)11-16(19)18-15(12-21-17(18)20)14-9-6-5-7-10-14/h5-7,9-10,13,15H,3-4,8,11-12H2,1-2H3. The number of carbonyl (C=O) groups excluding carboxylic acids is 2. The number of ether oxygens (including phenoxy) is 1. The molecule has 0 aliphatic carbocycles. The molecule has 1 aliphatic rings. The van der Waals surface area contributed by atoms with Crippen LogP contribution >= 0.6 is 0 Å². The SMILES string of the molecule is CCCCC(C)CC(=O)N1C(=O)OCC1c1ccccc1. The lowest BCUT2D eigenvalue weighted by molar-refractivity contribution is -0.130. The van der Waals surface area contributed by atoms with E-state index in [0.29, 0.717) is 12.3 Å². The van der Waals surface area contributed by atoms with Gasteiger partial charge in [-0.25, -0.2) is 9.69 Å². The summed E-state index contributed by atoms with van der Waals surface area (Å²) < 4.78 is 5.08. The number of cyclic esters (lactones) is 1. The summed E-state index contributed by atoms with van der Waals surface area (Å²) in [6.45, 7) is 4.45. The molecule has 1 heterocycles. The molecule has 1 saturated heterocycles.